The molecule has 0 unspecified atom stereocenters. The Hall–Kier alpha value is -3.88. The van der Waals surface area contributed by atoms with Gasteiger partial charge in [0.05, 0.1) is 22.4 Å². The van der Waals surface area contributed by atoms with E-state index in [0.29, 0.717) is 10.8 Å². The first-order chi connectivity index (χ1) is 12.1. The van der Waals surface area contributed by atoms with Gasteiger partial charge in [-0.3, -0.25) is 9.59 Å². The van der Waals surface area contributed by atoms with Crippen LogP contribution in [0.1, 0.15) is 31.1 Å². The standard InChI is InChI=1S/C16H9N5O4/c22-14-12-3-1-2-4-13(12)15(23)21(14)25-16(24)10-5-7-11(8-6-10)20-9-17-18-19-20/h1-9H. The molecular weight excluding hydrogens is 326 g/mol. The minimum absolute atomic E-state index is 0.174. The predicted molar refractivity (Wildman–Crippen MR) is 81.5 cm³/mol. The van der Waals surface area contributed by atoms with Gasteiger partial charge in [0.1, 0.15) is 6.33 Å². The van der Waals surface area contributed by atoms with Crippen LogP contribution < -0.4 is 0 Å². The molecule has 0 fully saturated rings. The number of carbonyl (C=O) groups is 3. The van der Waals surface area contributed by atoms with Crippen molar-refractivity contribution in [3.63, 3.8) is 0 Å². The van der Waals surface area contributed by atoms with E-state index in [-0.39, 0.29) is 16.7 Å². The molecule has 3 aromatic rings. The van der Waals surface area contributed by atoms with Crippen LogP contribution in [0.25, 0.3) is 5.69 Å². The Morgan fingerprint density at radius 2 is 1.56 bits per heavy atom. The summed E-state index contributed by atoms with van der Waals surface area (Å²) in [5.41, 5.74) is 1.22. The lowest BCUT2D eigenvalue weighted by atomic mass is 10.1. The lowest BCUT2D eigenvalue weighted by Gasteiger charge is -2.12. The van der Waals surface area contributed by atoms with Gasteiger partial charge >= 0.3 is 5.97 Å². The molecule has 122 valence electrons. The predicted octanol–water partition coefficient (Wildman–Crippen LogP) is 1.03. The van der Waals surface area contributed by atoms with Crippen molar-refractivity contribution >= 4 is 17.8 Å². The van der Waals surface area contributed by atoms with Crippen molar-refractivity contribution in [3.05, 3.63) is 71.5 Å². The largest absolute Gasteiger partial charge is 0.363 e. The molecule has 4 rings (SSSR count). The molecule has 0 atom stereocenters. The third kappa shape index (κ3) is 2.43. The topological polar surface area (TPSA) is 107 Å². The smallest absolute Gasteiger partial charge is 0.324 e. The van der Waals surface area contributed by atoms with E-state index in [4.69, 9.17) is 4.84 Å². The van der Waals surface area contributed by atoms with Crippen LogP contribution in [-0.4, -0.2) is 43.1 Å². The number of hydrogen-bond acceptors (Lipinski definition) is 7. The number of carbonyl (C=O) groups excluding carboxylic acids is 3. The summed E-state index contributed by atoms with van der Waals surface area (Å²) in [4.78, 5) is 41.6. The fraction of sp³-hybridized carbons (Fsp3) is 0. The number of fused-ring (bicyclic) bond motifs is 1. The molecule has 0 radical (unpaired) electrons. The molecule has 25 heavy (non-hydrogen) atoms. The van der Waals surface area contributed by atoms with Crippen LogP contribution in [0.2, 0.25) is 0 Å². The van der Waals surface area contributed by atoms with E-state index >= 15 is 0 Å². The molecule has 2 heterocycles. The van der Waals surface area contributed by atoms with E-state index in [9.17, 15) is 14.4 Å². The minimum Gasteiger partial charge on any atom is -0.324 e. The maximum absolute atomic E-state index is 12.2. The molecule has 2 amide bonds. The quantitative estimate of drug-likeness (QED) is 0.658. The second kappa shape index (κ2) is 5.64. The minimum atomic E-state index is -0.822. The van der Waals surface area contributed by atoms with Gasteiger partial charge in [0.15, 0.2) is 0 Å². The summed E-state index contributed by atoms with van der Waals surface area (Å²) in [6.45, 7) is 0. The molecule has 0 N–H and O–H groups in total. The van der Waals surface area contributed by atoms with E-state index in [1.165, 1.54) is 35.3 Å². The zero-order valence-corrected chi connectivity index (χ0v) is 12.6. The number of hydrogen-bond donors (Lipinski definition) is 0. The Labute approximate surface area is 140 Å². The van der Waals surface area contributed by atoms with Gasteiger partial charge < -0.3 is 4.84 Å². The number of aromatic nitrogens is 4. The van der Waals surface area contributed by atoms with E-state index in [1.807, 2.05) is 0 Å². The zero-order chi connectivity index (χ0) is 17.4. The van der Waals surface area contributed by atoms with E-state index < -0.39 is 17.8 Å². The van der Waals surface area contributed by atoms with Crippen LogP contribution in [0.15, 0.2) is 54.9 Å². The Morgan fingerprint density at radius 1 is 0.920 bits per heavy atom. The summed E-state index contributed by atoms with van der Waals surface area (Å²) in [5, 5.41) is 11.2. The van der Waals surface area contributed by atoms with Gasteiger partial charge in [-0.1, -0.05) is 17.2 Å². The molecule has 1 aliphatic heterocycles. The van der Waals surface area contributed by atoms with Crippen molar-refractivity contribution in [3.8, 4) is 5.69 Å². The monoisotopic (exact) mass is 335 g/mol. The fourth-order valence-electron chi connectivity index (χ4n) is 2.42. The van der Waals surface area contributed by atoms with Gasteiger partial charge in [-0.25, -0.2) is 9.48 Å². The number of rotatable bonds is 3. The van der Waals surface area contributed by atoms with Crippen molar-refractivity contribution in [2.24, 2.45) is 0 Å². The van der Waals surface area contributed by atoms with Gasteiger partial charge in [-0.05, 0) is 46.8 Å². The maximum atomic E-state index is 12.2. The third-order valence-electron chi connectivity index (χ3n) is 3.65. The van der Waals surface area contributed by atoms with Crippen LogP contribution in [0.4, 0.5) is 0 Å². The molecule has 9 heteroatoms. The van der Waals surface area contributed by atoms with E-state index in [0.717, 1.165) is 0 Å². The summed E-state index contributed by atoms with van der Waals surface area (Å²) in [7, 11) is 0. The highest BCUT2D eigenvalue weighted by Gasteiger charge is 2.38. The van der Waals surface area contributed by atoms with Crippen molar-refractivity contribution in [2.45, 2.75) is 0 Å². The van der Waals surface area contributed by atoms with Crippen molar-refractivity contribution in [1.82, 2.24) is 25.3 Å². The Bertz CT molecular complexity index is 947. The fourth-order valence-corrected chi connectivity index (χ4v) is 2.42. The number of tetrazole rings is 1. The van der Waals surface area contributed by atoms with Gasteiger partial charge in [-0.15, -0.1) is 5.10 Å². The van der Waals surface area contributed by atoms with Crippen LogP contribution in [0.3, 0.4) is 0 Å². The first-order valence-electron chi connectivity index (χ1n) is 7.19. The van der Waals surface area contributed by atoms with Gasteiger partial charge in [0, 0.05) is 0 Å². The summed E-state index contributed by atoms with van der Waals surface area (Å²) in [6, 6.07) is 12.5. The number of amides is 2. The van der Waals surface area contributed by atoms with E-state index in [1.54, 1.807) is 24.3 Å². The lowest BCUT2D eigenvalue weighted by Crippen LogP contribution is -2.32. The third-order valence-corrected chi connectivity index (χ3v) is 3.65. The van der Waals surface area contributed by atoms with Crippen LogP contribution >= 0.6 is 0 Å². The summed E-state index contributed by atoms with van der Waals surface area (Å²) in [6.07, 6.45) is 1.41. The number of hydroxylamine groups is 2. The number of benzene rings is 2. The first kappa shape index (κ1) is 14.7. The highest BCUT2D eigenvalue weighted by atomic mass is 16.7. The number of imide groups is 1. The second-order valence-corrected chi connectivity index (χ2v) is 5.13. The van der Waals surface area contributed by atoms with Gasteiger partial charge in [0.2, 0.25) is 0 Å². The molecule has 0 aliphatic carbocycles. The molecule has 1 aliphatic rings. The zero-order valence-electron chi connectivity index (χ0n) is 12.6. The summed E-state index contributed by atoms with van der Waals surface area (Å²) < 4.78 is 1.42. The molecule has 1 aromatic heterocycles. The van der Waals surface area contributed by atoms with Crippen molar-refractivity contribution in [1.29, 1.82) is 0 Å². The molecule has 0 saturated carbocycles. The first-order valence-corrected chi connectivity index (χ1v) is 7.19. The van der Waals surface area contributed by atoms with Crippen LogP contribution in [0, 0.1) is 0 Å². The lowest BCUT2D eigenvalue weighted by molar-refractivity contribution is -0.0584. The summed E-state index contributed by atoms with van der Waals surface area (Å²) in [5.74, 6) is -2.16. The molecule has 0 saturated heterocycles. The Morgan fingerprint density at radius 3 is 2.12 bits per heavy atom. The molecule has 2 aromatic carbocycles. The second-order valence-electron chi connectivity index (χ2n) is 5.13. The van der Waals surface area contributed by atoms with Crippen molar-refractivity contribution in [2.75, 3.05) is 0 Å². The molecule has 0 spiro atoms. The molecular formula is C16H9N5O4. The van der Waals surface area contributed by atoms with Gasteiger partial charge in [-0.2, -0.15) is 0 Å². The highest BCUT2D eigenvalue weighted by molar-refractivity contribution is 6.21. The molecule has 0 bridgehead atoms. The van der Waals surface area contributed by atoms with Gasteiger partial charge in [0.25, 0.3) is 11.8 Å². The molecule has 9 nitrogen and oxygen atoms in total. The van der Waals surface area contributed by atoms with Crippen LogP contribution in [0.5, 0.6) is 0 Å². The van der Waals surface area contributed by atoms with Crippen LogP contribution in [-0.2, 0) is 4.84 Å². The SMILES string of the molecule is O=C(ON1C(=O)c2ccccc2C1=O)c1ccc(-n2cnnn2)cc1. The average Bonchev–Trinajstić information content (AvgIpc) is 3.26. The highest BCUT2D eigenvalue weighted by Crippen LogP contribution is 2.23. The maximum Gasteiger partial charge on any atom is 0.363 e. The normalized spacial score (nSPS) is 13.0. The Kier molecular flexibility index (Phi) is 3.31. The van der Waals surface area contributed by atoms with E-state index in [2.05, 4.69) is 15.5 Å². The Balaban J connectivity index is 1.53. The summed E-state index contributed by atoms with van der Waals surface area (Å²) >= 11 is 0. The number of nitrogens with zero attached hydrogens (tertiary/aromatic N) is 5. The average molecular weight is 335 g/mol. The van der Waals surface area contributed by atoms with Crippen molar-refractivity contribution < 1.29 is 19.2 Å².